The molecule has 1 rings (SSSR count). The van der Waals surface area contributed by atoms with Gasteiger partial charge in [0.2, 0.25) is 0 Å². The van der Waals surface area contributed by atoms with Crippen LogP contribution in [-0.4, -0.2) is 58.9 Å². The van der Waals surface area contributed by atoms with Gasteiger partial charge in [0.25, 0.3) is 12.6 Å². The van der Waals surface area contributed by atoms with Gasteiger partial charge in [-0.15, -0.1) is 0 Å². The van der Waals surface area contributed by atoms with Crippen LogP contribution in [0.5, 0.6) is 0 Å². The van der Waals surface area contributed by atoms with Crippen LogP contribution in [0.15, 0.2) is 48.6 Å². The molecule has 4 unspecified atom stereocenters. The van der Waals surface area contributed by atoms with Gasteiger partial charge >= 0.3 is 23.9 Å². The van der Waals surface area contributed by atoms with Gasteiger partial charge < -0.3 is 29.2 Å². The van der Waals surface area contributed by atoms with Gasteiger partial charge in [-0.05, 0) is 39.8 Å². The topological polar surface area (TPSA) is 146 Å². The van der Waals surface area contributed by atoms with E-state index < -0.39 is 48.7 Å². The lowest BCUT2D eigenvalue weighted by Gasteiger charge is -2.22. The van der Waals surface area contributed by atoms with Gasteiger partial charge in [-0.25, -0.2) is 19.2 Å². The summed E-state index contributed by atoms with van der Waals surface area (Å²) >= 11 is 0. The smallest absolute Gasteiger partial charge is 0.342 e. The first-order chi connectivity index (χ1) is 14.8. The molecular weight excluding hydrogens is 424 g/mol. The maximum atomic E-state index is 12.6. The fourth-order valence-corrected chi connectivity index (χ4v) is 2.03. The van der Waals surface area contributed by atoms with E-state index in [0.29, 0.717) is 0 Å². The molecule has 1 aromatic rings. The van der Waals surface area contributed by atoms with Gasteiger partial charge in [-0.2, -0.15) is 0 Å². The minimum Gasteiger partial charge on any atom is -0.419 e. The van der Waals surface area contributed by atoms with Crippen molar-refractivity contribution in [1.82, 2.24) is 0 Å². The number of rotatable bonds is 10. The van der Waals surface area contributed by atoms with E-state index in [2.05, 4.69) is 13.2 Å². The molecule has 0 heterocycles. The zero-order valence-corrected chi connectivity index (χ0v) is 18.2. The largest absolute Gasteiger partial charge is 0.419 e. The van der Waals surface area contributed by atoms with Crippen molar-refractivity contribution in [1.29, 1.82) is 0 Å². The van der Waals surface area contributed by atoms with Crippen molar-refractivity contribution in [3.63, 3.8) is 0 Å². The van der Waals surface area contributed by atoms with E-state index in [1.807, 2.05) is 0 Å². The molecule has 0 bridgehead atoms. The first-order valence-electron chi connectivity index (χ1n) is 9.45. The number of carbonyl (C=O) groups is 4. The Bertz CT molecular complexity index is 827. The fourth-order valence-electron chi connectivity index (χ4n) is 2.03. The number of esters is 4. The Morgan fingerprint density at radius 2 is 1.03 bits per heavy atom. The van der Waals surface area contributed by atoms with Crippen LogP contribution < -0.4 is 0 Å². The average Bonchev–Trinajstić information content (AvgIpc) is 2.71. The van der Waals surface area contributed by atoms with E-state index in [9.17, 15) is 29.4 Å². The monoisotopic (exact) mass is 450 g/mol. The number of carbonyl (C=O) groups excluding carboxylic acids is 4. The number of hydrogen-bond acceptors (Lipinski definition) is 10. The molecule has 10 nitrogen and oxygen atoms in total. The van der Waals surface area contributed by atoms with Gasteiger partial charge in [0.15, 0.2) is 0 Å². The average molecular weight is 450 g/mol. The summed E-state index contributed by atoms with van der Waals surface area (Å²) in [5, 5.41) is 19.5. The molecule has 0 aliphatic rings. The zero-order valence-electron chi connectivity index (χ0n) is 18.2. The fraction of sp³-hybridized carbons (Fsp3) is 0.364. The number of aliphatic hydroxyl groups is 2. The first-order valence-corrected chi connectivity index (χ1v) is 9.45. The third-order valence-corrected chi connectivity index (χ3v) is 3.74. The number of benzene rings is 1. The Kier molecular flexibility index (Phi) is 9.76. The molecule has 0 spiro atoms. The second kappa shape index (κ2) is 11.8. The molecule has 10 heteroatoms. The molecule has 1 aromatic carbocycles. The Balaban J connectivity index is 3.09. The maximum Gasteiger partial charge on any atom is 0.342 e. The van der Waals surface area contributed by atoms with Gasteiger partial charge in [-0.1, -0.05) is 25.3 Å². The third kappa shape index (κ3) is 7.64. The minimum absolute atomic E-state index is 0.0177. The molecule has 2 N–H and O–H groups in total. The van der Waals surface area contributed by atoms with Gasteiger partial charge in [0.1, 0.15) is 12.2 Å². The van der Waals surface area contributed by atoms with Crippen LogP contribution in [0.4, 0.5) is 0 Å². The summed E-state index contributed by atoms with van der Waals surface area (Å²) < 4.78 is 19.8. The van der Waals surface area contributed by atoms with E-state index in [-0.39, 0.29) is 22.3 Å². The lowest BCUT2D eigenvalue weighted by molar-refractivity contribution is -0.182. The van der Waals surface area contributed by atoms with Crippen molar-refractivity contribution in [2.45, 2.75) is 52.5 Å². The Morgan fingerprint density at radius 3 is 1.28 bits per heavy atom. The van der Waals surface area contributed by atoms with Crippen molar-refractivity contribution < 1.29 is 48.3 Å². The molecule has 0 saturated carbocycles. The highest BCUT2D eigenvalue weighted by Gasteiger charge is 2.30. The van der Waals surface area contributed by atoms with Crippen molar-refractivity contribution >= 4 is 23.9 Å². The molecule has 174 valence electrons. The van der Waals surface area contributed by atoms with E-state index >= 15 is 0 Å². The number of ether oxygens (including phenoxy) is 4. The van der Waals surface area contributed by atoms with Crippen LogP contribution in [-0.2, 0) is 28.5 Å². The SMILES string of the molecule is C=C(C)C(=O)OC(OC(=O)c1ccccc1C(=O)OC(OC(=O)C(=C)C)C(C)O)C(C)O. The quantitative estimate of drug-likeness (QED) is 0.306. The van der Waals surface area contributed by atoms with Crippen molar-refractivity contribution in [3.05, 3.63) is 59.7 Å². The van der Waals surface area contributed by atoms with E-state index in [1.54, 1.807) is 0 Å². The van der Waals surface area contributed by atoms with Crippen LogP contribution >= 0.6 is 0 Å². The van der Waals surface area contributed by atoms with Crippen molar-refractivity contribution in [3.8, 4) is 0 Å². The van der Waals surface area contributed by atoms with Crippen LogP contribution in [0.3, 0.4) is 0 Å². The molecular formula is C22H26O10. The van der Waals surface area contributed by atoms with E-state index in [1.165, 1.54) is 52.0 Å². The molecule has 32 heavy (non-hydrogen) atoms. The highest BCUT2D eigenvalue weighted by molar-refractivity contribution is 6.03. The van der Waals surface area contributed by atoms with Gasteiger partial charge in [0, 0.05) is 11.1 Å². The van der Waals surface area contributed by atoms with Gasteiger partial charge in [-0.3, -0.25) is 0 Å². The predicted molar refractivity (Wildman–Crippen MR) is 110 cm³/mol. The lowest BCUT2D eigenvalue weighted by atomic mass is 10.1. The lowest BCUT2D eigenvalue weighted by Crippen LogP contribution is -2.35. The second-order valence-corrected chi connectivity index (χ2v) is 6.95. The highest BCUT2D eigenvalue weighted by atomic mass is 16.7. The molecule has 0 fully saturated rings. The predicted octanol–water partition coefficient (Wildman–Crippen LogP) is 1.65. The normalized spacial score (nSPS) is 14.2. The Hall–Kier alpha value is -3.50. The van der Waals surface area contributed by atoms with Gasteiger partial charge in [0.05, 0.1) is 11.1 Å². The number of hydrogen-bond donors (Lipinski definition) is 2. The summed E-state index contributed by atoms with van der Waals surface area (Å²) in [6, 6.07) is 5.32. The molecule has 0 aromatic heterocycles. The molecule has 0 radical (unpaired) electrons. The maximum absolute atomic E-state index is 12.6. The van der Waals surface area contributed by atoms with E-state index in [0.717, 1.165) is 0 Å². The summed E-state index contributed by atoms with van der Waals surface area (Å²) in [5.41, 5.74) is -0.538. The first kappa shape index (κ1) is 26.5. The molecule has 4 atom stereocenters. The standard InChI is InChI=1S/C22H26O10/c1-11(2)17(25)29-21(13(5)23)31-19(27)15-9-7-8-10-16(15)20(28)32-22(14(6)24)30-18(26)12(3)4/h7-10,13-14,21-24H,1,3H2,2,4-6H3. The van der Waals surface area contributed by atoms with Crippen LogP contribution in [0, 0.1) is 0 Å². The van der Waals surface area contributed by atoms with Crippen LogP contribution in [0.1, 0.15) is 48.4 Å². The van der Waals surface area contributed by atoms with E-state index in [4.69, 9.17) is 18.9 Å². The third-order valence-electron chi connectivity index (χ3n) is 3.74. The summed E-state index contributed by atoms with van der Waals surface area (Å²) in [6.07, 6.45) is -6.11. The summed E-state index contributed by atoms with van der Waals surface area (Å²) in [5.74, 6) is -4.00. The minimum atomic E-state index is -1.67. The van der Waals surface area contributed by atoms with Crippen molar-refractivity contribution in [2.75, 3.05) is 0 Å². The molecule has 0 aliphatic heterocycles. The Labute approximate surface area is 185 Å². The molecule has 0 aliphatic carbocycles. The second-order valence-electron chi connectivity index (χ2n) is 6.95. The Morgan fingerprint density at radius 1 is 0.719 bits per heavy atom. The zero-order chi connectivity index (χ0) is 24.6. The summed E-state index contributed by atoms with van der Waals surface area (Å²) in [7, 11) is 0. The van der Waals surface area contributed by atoms with Crippen LogP contribution in [0.25, 0.3) is 0 Å². The molecule has 0 amide bonds. The molecule has 0 saturated heterocycles. The summed E-state index contributed by atoms with van der Waals surface area (Å²) in [6.45, 7) is 12.0. The summed E-state index contributed by atoms with van der Waals surface area (Å²) in [4.78, 5) is 48.6. The van der Waals surface area contributed by atoms with Crippen LogP contribution in [0.2, 0.25) is 0 Å². The highest BCUT2D eigenvalue weighted by Crippen LogP contribution is 2.17. The van der Waals surface area contributed by atoms with Crippen molar-refractivity contribution in [2.24, 2.45) is 0 Å². The number of aliphatic hydroxyl groups excluding tert-OH is 2.